The molecule has 1 heterocycles. The highest BCUT2D eigenvalue weighted by atomic mass is 14.9. The summed E-state index contributed by atoms with van der Waals surface area (Å²) in [5.74, 6) is 0.657. The monoisotopic (exact) mass is 266 g/mol. The molecule has 1 unspecified atom stereocenters. The topological polar surface area (TPSA) is 24.9 Å². The molecule has 2 aromatic rings. The first-order valence-electron chi connectivity index (χ1n) is 7.55. The van der Waals surface area contributed by atoms with Crippen LogP contribution < -0.4 is 5.32 Å². The molecule has 2 heteroatoms. The minimum absolute atomic E-state index is 0.382. The van der Waals surface area contributed by atoms with E-state index in [0.717, 1.165) is 6.54 Å². The first-order chi connectivity index (χ1) is 9.84. The van der Waals surface area contributed by atoms with Crippen LogP contribution in [0.25, 0.3) is 0 Å². The van der Waals surface area contributed by atoms with Crippen LogP contribution in [0.1, 0.15) is 48.4 Å². The van der Waals surface area contributed by atoms with E-state index in [1.54, 1.807) is 11.1 Å². The van der Waals surface area contributed by atoms with Crippen LogP contribution in [0.15, 0.2) is 48.8 Å². The standard InChI is InChI=1S/C18H22N2/c1-14(15-9-11-19-12-10-15)20-13-17-7-4-6-16-5-2-3-8-18(16)17/h2-3,5,8-12,14,17,20H,4,6-7,13H2,1H3/t14-,17?/m0/s1. The number of hydrogen-bond acceptors (Lipinski definition) is 2. The van der Waals surface area contributed by atoms with Crippen molar-refractivity contribution >= 4 is 0 Å². The van der Waals surface area contributed by atoms with Gasteiger partial charge in [-0.2, -0.15) is 0 Å². The molecule has 0 saturated heterocycles. The number of pyridine rings is 1. The van der Waals surface area contributed by atoms with Crippen molar-refractivity contribution in [2.24, 2.45) is 0 Å². The molecule has 1 aliphatic carbocycles. The second-order valence-corrected chi connectivity index (χ2v) is 5.70. The van der Waals surface area contributed by atoms with Gasteiger partial charge in [-0.25, -0.2) is 0 Å². The molecule has 1 aliphatic rings. The first kappa shape index (κ1) is 13.3. The van der Waals surface area contributed by atoms with Gasteiger partial charge in [0.1, 0.15) is 0 Å². The van der Waals surface area contributed by atoms with Crippen molar-refractivity contribution in [2.45, 2.75) is 38.1 Å². The minimum Gasteiger partial charge on any atom is -0.310 e. The molecule has 20 heavy (non-hydrogen) atoms. The highest BCUT2D eigenvalue weighted by molar-refractivity contribution is 5.32. The summed E-state index contributed by atoms with van der Waals surface area (Å²) in [6.45, 7) is 3.28. The van der Waals surface area contributed by atoms with Crippen molar-refractivity contribution in [1.82, 2.24) is 10.3 Å². The fourth-order valence-electron chi connectivity index (χ4n) is 3.16. The number of aryl methyl sites for hydroxylation is 1. The molecule has 104 valence electrons. The van der Waals surface area contributed by atoms with Crippen molar-refractivity contribution in [3.05, 3.63) is 65.5 Å². The van der Waals surface area contributed by atoms with Crippen LogP contribution in [0.4, 0.5) is 0 Å². The predicted octanol–water partition coefficient (Wildman–Crippen LogP) is 3.85. The second kappa shape index (κ2) is 6.19. The van der Waals surface area contributed by atoms with Gasteiger partial charge < -0.3 is 5.32 Å². The molecule has 1 aromatic carbocycles. The largest absolute Gasteiger partial charge is 0.310 e. The average Bonchev–Trinajstić information content (AvgIpc) is 2.53. The van der Waals surface area contributed by atoms with Crippen LogP contribution in [0.2, 0.25) is 0 Å². The average molecular weight is 266 g/mol. The maximum atomic E-state index is 4.08. The van der Waals surface area contributed by atoms with E-state index in [9.17, 15) is 0 Å². The van der Waals surface area contributed by atoms with E-state index in [2.05, 4.69) is 53.6 Å². The number of nitrogens with one attached hydrogen (secondary N) is 1. The van der Waals surface area contributed by atoms with E-state index in [1.165, 1.54) is 24.8 Å². The first-order valence-corrected chi connectivity index (χ1v) is 7.55. The van der Waals surface area contributed by atoms with Gasteiger partial charge in [-0.15, -0.1) is 0 Å². The fourth-order valence-corrected chi connectivity index (χ4v) is 3.16. The lowest BCUT2D eigenvalue weighted by Crippen LogP contribution is -2.26. The van der Waals surface area contributed by atoms with Gasteiger partial charge in [-0.1, -0.05) is 24.3 Å². The maximum absolute atomic E-state index is 4.08. The fraction of sp³-hybridized carbons (Fsp3) is 0.389. The van der Waals surface area contributed by atoms with Crippen molar-refractivity contribution in [3.63, 3.8) is 0 Å². The normalized spacial score (nSPS) is 19.4. The van der Waals surface area contributed by atoms with Crippen LogP contribution in [0.5, 0.6) is 0 Å². The van der Waals surface area contributed by atoms with E-state index in [-0.39, 0.29) is 0 Å². The number of hydrogen-bond donors (Lipinski definition) is 1. The molecular formula is C18H22N2. The summed E-state index contributed by atoms with van der Waals surface area (Å²) in [6.07, 6.45) is 7.58. The Balaban J connectivity index is 1.65. The summed E-state index contributed by atoms with van der Waals surface area (Å²) in [4.78, 5) is 4.08. The number of fused-ring (bicyclic) bond motifs is 1. The lowest BCUT2D eigenvalue weighted by Gasteiger charge is -2.27. The van der Waals surface area contributed by atoms with Crippen LogP contribution in [-0.4, -0.2) is 11.5 Å². The van der Waals surface area contributed by atoms with Gasteiger partial charge in [-0.3, -0.25) is 4.98 Å². The van der Waals surface area contributed by atoms with Crippen LogP contribution in [0.3, 0.4) is 0 Å². The van der Waals surface area contributed by atoms with E-state index in [4.69, 9.17) is 0 Å². The van der Waals surface area contributed by atoms with Crippen LogP contribution in [0, 0.1) is 0 Å². The Morgan fingerprint density at radius 2 is 2.00 bits per heavy atom. The zero-order chi connectivity index (χ0) is 13.8. The number of aromatic nitrogens is 1. The third kappa shape index (κ3) is 2.91. The van der Waals surface area contributed by atoms with Gasteiger partial charge in [0.25, 0.3) is 0 Å². The Morgan fingerprint density at radius 1 is 1.20 bits per heavy atom. The minimum atomic E-state index is 0.382. The number of benzene rings is 1. The SMILES string of the molecule is C[C@H](NCC1CCCc2ccccc21)c1ccncc1. The highest BCUT2D eigenvalue weighted by Gasteiger charge is 2.20. The van der Waals surface area contributed by atoms with Crippen molar-refractivity contribution in [3.8, 4) is 0 Å². The Kier molecular flexibility index (Phi) is 4.12. The van der Waals surface area contributed by atoms with E-state index < -0.39 is 0 Å². The Morgan fingerprint density at radius 3 is 2.85 bits per heavy atom. The zero-order valence-corrected chi connectivity index (χ0v) is 12.0. The summed E-state index contributed by atoms with van der Waals surface area (Å²) < 4.78 is 0. The zero-order valence-electron chi connectivity index (χ0n) is 12.0. The molecule has 0 bridgehead atoms. The number of rotatable bonds is 4. The van der Waals surface area contributed by atoms with Gasteiger partial charge >= 0.3 is 0 Å². The van der Waals surface area contributed by atoms with E-state index in [1.807, 2.05) is 12.4 Å². The summed E-state index contributed by atoms with van der Waals surface area (Å²) in [6, 6.07) is 13.5. The van der Waals surface area contributed by atoms with Gasteiger partial charge in [0.2, 0.25) is 0 Å². The molecule has 0 amide bonds. The van der Waals surface area contributed by atoms with Gasteiger partial charge in [0.15, 0.2) is 0 Å². The third-order valence-electron chi connectivity index (χ3n) is 4.37. The summed E-state index contributed by atoms with van der Waals surface area (Å²) in [5, 5.41) is 3.68. The molecule has 0 saturated carbocycles. The van der Waals surface area contributed by atoms with Crippen LogP contribution >= 0.6 is 0 Å². The summed E-state index contributed by atoms with van der Waals surface area (Å²) in [7, 11) is 0. The van der Waals surface area contributed by atoms with Crippen molar-refractivity contribution < 1.29 is 0 Å². The van der Waals surface area contributed by atoms with Gasteiger partial charge in [0.05, 0.1) is 0 Å². The molecule has 0 radical (unpaired) electrons. The summed E-state index contributed by atoms with van der Waals surface area (Å²) >= 11 is 0. The Bertz CT molecular complexity index is 550. The molecule has 1 N–H and O–H groups in total. The molecule has 3 rings (SSSR count). The van der Waals surface area contributed by atoms with E-state index in [0.29, 0.717) is 12.0 Å². The van der Waals surface area contributed by atoms with E-state index >= 15 is 0 Å². The molecule has 1 aromatic heterocycles. The van der Waals surface area contributed by atoms with Gasteiger partial charge in [0, 0.05) is 25.0 Å². The van der Waals surface area contributed by atoms with Crippen molar-refractivity contribution in [2.75, 3.05) is 6.54 Å². The predicted molar refractivity (Wildman–Crippen MR) is 82.8 cm³/mol. The molecular weight excluding hydrogens is 244 g/mol. The molecule has 0 spiro atoms. The molecule has 2 atom stereocenters. The number of nitrogens with zero attached hydrogens (tertiary/aromatic N) is 1. The summed E-state index contributed by atoms with van der Waals surface area (Å²) in [5.41, 5.74) is 4.40. The molecule has 2 nitrogen and oxygen atoms in total. The highest BCUT2D eigenvalue weighted by Crippen LogP contribution is 2.31. The molecule has 0 aliphatic heterocycles. The quantitative estimate of drug-likeness (QED) is 0.909. The van der Waals surface area contributed by atoms with Crippen LogP contribution in [-0.2, 0) is 6.42 Å². The van der Waals surface area contributed by atoms with Crippen molar-refractivity contribution in [1.29, 1.82) is 0 Å². The van der Waals surface area contributed by atoms with Gasteiger partial charge in [-0.05, 0) is 60.9 Å². The third-order valence-corrected chi connectivity index (χ3v) is 4.37. The Labute approximate surface area is 121 Å². The second-order valence-electron chi connectivity index (χ2n) is 5.70. The molecule has 0 fully saturated rings. The maximum Gasteiger partial charge on any atom is 0.0293 e. The lowest BCUT2D eigenvalue weighted by molar-refractivity contribution is 0.473. The Hall–Kier alpha value is -1.67. The lowest BCUT2D eigenvalue weighted by atomic mass is 9.82. The smallest absolute Gasteiger partial charge is 0.0293 e.